The van der Waals surface area contributed by atoms with Crippen molar-refractivity contribution in [3.05, 3.63) is 219 Å². The molecular formula is C74H77N15O21P3S2-. The number of aromatic nitrogens is 10. The van der Waals surface area contributed by atoms with E-state index < -0.39 is 145 Å². The molecule has 0 spiro atoms. The van der Waals surface area contributed by atoms with Crippen molar-refractivity contribution in [1.82, 2.24) is 48.6 Å². The fraction of sp³-hybridized carbons (Fsp3) is 0.351. The van der Waals surface area contributed by atoms with Gasteiger partial charge in [0.25, 0.3) is 31.7 Å². The predicted octanol–water partition coefficient (Wildman–Crippen LogP) is 6.02. The second kappa shape index (κ2) is 37.7. The molecule has 602 valence electrons. The minimum atomic E-state index is -5.01. The highest BCUT2D eigenvalue weighted by atomic mass is 32.7. The van der Waals surface area contributed by atoms with E-state index in [9.17, 15) is 49.9 Å². The first-order chi connectivity index (χ1) is 55.7. The molecule has 13 rings (SSSR count). The molecule has 5 aromatic heterocycles. The van der Waals surface area contributed by atoms with E-state index in [4.69, 9.17) is 51.0 Å². The van der Waals surface area contributed by atoms with Crippen molar-refractivity contribution < 1.29 is 90.6 Å². The lowest BCUT2D eigenvalue weighted by Gasteiger charge is -2.37. The highest BCUT2D eigenvalue weighted by Gasteiger charge is 2.57. The summed E-state index contributed by atoms with van der Waals surface area (Å²) in [6.07, 6.45) is -16.3. The number of hydrogen-bond acceptors (Lipinski definition) is 32. The fourth-order valence-corrected chi connectivity index (χ4v) is 20.1. The van der Waals surface area contributed by atoms with Gasteiger partial charge >= 0.3 is 5.69 Å². The van der Waals surface area contributed by atoms with Crippen LogP contribution in [0.3, 0.4) is 0 Å². The Balaban J connectivity index is 0.853. The molecule has 3 aliphatic rings. The molecule has 41 heteroatoms. The van der Waals surface area contributed by atoms with E-state index in [1.807, 2.05) is 56.3 Å². The minimum Gasteiger partial charge on any atom is -0.810 e. The van der Waals surface area contributed by atoms with Crippen LogP contribution in [0, 0.1) is 28.6 Å². The standard InChI is InChI=1S/C74H77N15O21P3S2/c1-43(2)36-77-72-85-65-56(68(95)86-72)81-42-89(65)70-57(90)60(108-111-97)52(106-70)38-103-112(98,114-34-14-31-75)110-62-53(107-71(59(62)92)88-41-80-55-63(78-40-79-64(55)88)84-67(94)45-18-10-6-11-19-45)39-104-113(99,115-35-15-32-76)109-61-51(105-69(58(61)91)87-33-30-54(83-73(87)96)82-66(93)44-16-8-5-9-17-44)37-102-74(46-20-12-7-13-21-46,47-22-26-49(100-3)27-23-47)48-24-28-50(101-4)29-25-48/h5-13,16-30,33,40-43,51-53,57-62,69-71,90-92,111H,14-15,34-39H2,1-4H3,(H2,77,85,86,95)(H,78,79,84,94)(H,82,83,93,96)/q-1/t51-,52-,53-,57-,58-,59-,60-,61-,62-,69-,70-,71-,112?,113?/m1/s1. The van der Waals surface area contributed by atoms with Gasteiger partial charge in [0.05, 0.1) is 68.4 Å². The molecule has 3 saturated heterocycles. The van der Waals surface area contributed by atoms with Crippen LogP contribution in [-0.2, 0) is 47.2 Å². The average Bonchev–Trinajstić information content (AvgIpc) is 1.75. The number of carbonyl (C=O) groups is 2. The number of methoxy groups -OCH3 is 2. The number of nitrogens with zero attached hydrogens (tertiary/aromatic N) is 11. The molecule has 0 radical (unpaired) electrons. The SMILES string of the molecule is COc1ccc(C(OC[C@H]2O[C@@H](n3ccc(NC(=O)c4ccccc4)nc3=O)[C@H](O)[C@@H]2O[P+]([O-])(OC[C@H]2O[C@@H](n3cnc4c(NC(=O)c5ccccc5)ncnc43)[C@H](O)[C@@H]2O[P+]([O-])(OC[C@H]2O[C@@H](n3cnc4c(=O)[nH]c(NCC(C)C)nc43)[C@H](O)[C@@H]2OP[O-])SCCC#N)SCCC#N)(c2ccccc2)c2ccc(OC)cc2)cc1. The van der Waals surface area contributed by atoms with Gasteiger partial charge in [-0.3, -0.25) is 33.1 Å². The normalized spacial score (nSPS) is 22.6. The number of ether oxygens (including phenoxy) is 6. The first-order valence-electron chi connectivity index (χ1n) is 35.8. The third kappa shape index (κ3) is 18.9. The van der Waals surface area contributed by atoms with Crippen LogP contribution in [0.2, 0.25) is 0 Å². The maximum Gasteiger partial charge on any atom is 0.351 e. The molecule has 10 aromatic rings. The van der Waals surface area contributed by atoms with E-state index >= 15 is 9.79 Å². The molecule has 8 heterocycles. The predicted molar refractivity (Wildman–Crippen MR) is 416 cm³/mol. The second-order valence-corrected chi connectivity index (χ2v) is 35.2. The third-order valence-corrected chi connectivity index (χ3v) is 26.5. The summed E-state index contributed by atoms with van der Waals surface area (Å²) in [4.78, 5) is 128. The lowest BCUT2D eigenvalue weighted by molar-refractivity contribution is -0.224. The van der Waals surface area contributed by atoms with Crippen molar-refractivity contribution in [3.63, 3.8) is 0 Å². The molecule has 36 nitrogen and oxygen atoms in total. The molecule has 3 fully saturated rings. The van der Waals surface area contributed by atoms with Crippen LogP contribution in [0.25, 0.3) is 22.3 Å². The zero-order chi connectivity index (χ0) is 81.0. The van der Waals surface area contributed by atoms with Gasteiger partial charge in [-0.05, 0) is 77.2 Å². The number of carbonyl (C=O) groups excluding carboxylic acids is 2. The Morgan fingerprint density at radius 3 is 1.63 bits per heavy atom. The number of fused-ring (bicyclic) bond motifs is 2. The van der Waals surface area contributed by atoms with Gasteiger partial charge in [0.2, 0.25) is 5.95 Å². The molecular weight excluding hydrogens is 1590 g/mol. The Kier molecular flexibility index (Phi) is 27.4. The summed E-state index contributed by atoms with van der Waals surface area (Å²) in [5.41, 5.74) is -1.18. The third-order valence-electron chi connectivity index (χ3n) is 18.6. The van der Waals surface area contributed by atoms with Crippen LogP contribution in [0.5, 0.6) is 11.5 Å². The van der Waals surface area contributed by atoms with Crippen LogP contribution in [0.1, 0.15) is 82.8 Å². The Morgan fingerprint density at radius 1 is 0.626 bits per heavy atom. The first-order valence-corrected chi connectivity index (χ1v) is 42.9. The lowest BCUT2D eigenvalue weighted by atomic mass is 9.80. The number of nitriles is 2. The van der Waals surface area contributed by atoms with Crippen LogP contribution in [0.15, 0.2) is 180 Å². The molecule has 2 amide bonds. The van der Waals surface area contributed by atoms with Gasteiger partial charge in [-0.15, -0.1) is 0 Å². The maximum absolute atomic E-state index is 16.3. The number of aliphatic hydroxyl groups excluding tert-OH is 3. The molecule has 7 N–H and O–H groups in total. The van der Waals surface area contributed by atoms with Crippen molar-refractivity contribution in [2.24, 2.45) is 5.92 Å². The largest absolute Gasteiger partial charge is 0.810 e. The van der Waals surface area contributed by atoms with Crippen molar-refractivity contribution in [2.75, 3.05) is 68.0 Å². The van der Waals surface area contributed by atoms with E-state index in [0.29, 0.717) is 57.5 Å². The smallest absolute Gasteiger partial charge is 0.351 e. The molecule has 115 heavy (non-hydrogen) atoms. The maximum atomic E-state index is 16.3. The molecule has 0 aliphatic carbocycles. The zero-order valence-electron chi connectivity index (χ0n) is 61.6. The monoisotopic (exact) mass is 1670 g/mol. The number of imidazole rings is 2. The van der Waals surface area contributed by atoms with Crippen molar-refractivity contribution in [3.8, 4) is 23.6 Å². The Morgan fingerprint density at radius 2 is 1.11 bits per heavy atom. The number of H-pyrrole nitrogens is 1. The summed E-state index contributed by atoms with van der Waals surface area (Å²) in [7, 11) is -8.38. The first kappa shape index (κ1) is 83.5. The second-order valence-electron chi connectivity index (χ2n) is 26.5. The van der Waals surface area contributed by atoms with Crippen molar-refractivity contribution >= 4 is 97.8 Å². The van der Waals surface area contributed by atoms with Crippen LogP contribution in [0.4, 0.5) is 17.6 Å². The highest BCUT2D eigenvalue weighted by Crippen LogP contribution is 2.69. The number of anilines is 3. The lowest BCUT2D eigenvalue weighted by Crippen LogP contribution is -2.42. The quantitative estimate of drug-likeness (QED) is 0.0134. The zero-order valence-corrected chi connectivity index (χ0v) is 66.1. The van der Waals surface area contributed by atoms with E-state index in [1.165, 1.54) is 48.3 Å². The Hall–Kier alpha value is -9.41. The minimum absolute atomic E-state index is 0.00151. The topological polar surface area (TPSA) is 491 Å². The van der Waals surface area contributed by atoms with E-state index in [-0.39, 0.29) is 81.3 Å². The van der Waals surface area contributed by atoms with Gasteiger partial charge in [-0.2, -0.15) is 38.6 Å². The van der Waals surface area contributed by atoms with Crippen LogP contribution in [-0.4, -0.2) is 183 Å². The number of aliphatic hydroxyl groups is 3. The van der Waals surface area contributed by atoms with Crippen LogP contribution < -0.4 is 51.4 Å². The van der Waals surface area contributed by atoms with Gasteiger partial charge in [-0.25, -0.2) is 24.7 Å². The van der Waals surface area contributed by atoms with Gasteiger partial charge in [0, 0.05) is 48.2 Å². The van der Waals surface area contributed by atoms with E-state index in [1.54, 1.807) is 109 Å². The van der Waals surface area contributed by atoms with Crippen molar-refractivity contribution in [2.45, 2.75) is 106 Å². The fourth-order valence-electron chi connectivity index (χ4n) is 13.1. The molecule has 15 atom stereocenters. The molecule has 5 aromatic carbocycles. The summed E-state index contributed by atoms with van der Waals surface area (Å²) in [5, 5.41) is 65.8. The van der Waals surface area contributed by atoms with E-state index in [2.05, 4.69) is 50.8 Å². The Labute approximate surface area is 667 Å². The number of benzene rings is 5. The number of hydrogen-bond donors (Lipinski definition) is 7. The van der Waals surface area contributed by atoms with Gasteiger partial charge in [0.1, 0.15) is 85.2 Å². The van der Waals surface area contributed by atoms with Gasteiger partial charge in [0.15, 0.2) is 59.0 Å². The van der Waals surface area contributed by atoms with Crippen molar-refractivity contribution in [1.29, 1.82) is 10.5 Å². The number of aromatic amines is 1. The summed E-state index contributed by atoms with van der Waals surface area (Å²) in [6, 6.07) is 44.9. The average molecular weight is 1670 g/mol. The summed E-state index contributed by atoms with van der Waals surface area (Å²) >= 11 is 1.02. The van der Waals surface area contributed by atoms with Gasteiger partial charge in [-0.1, -0.05) is 114 Å². The van der Waals surface area contributed by atoms with E-state index in [0.717, 1.165) is 10.9 Å². The molecule has 3 aliphatic heterocycles. The highest BCUT2D eigenvalue weighted by molar-refractivity contribution is 8.57. The van der Waals surface area contributed by atoms with Crippen LogP contribution >= 0.6 is 46.1 Å². The summed E-state index contributed by atoms with van der Waals surface area (Å²) < 4.78 is 72.8. The molecule has 3 unspecified atom stereocenters. The molecule has 0 bridgehead atoms. The number of rotatable bonds is 36. The summed E-state index contributed by atoms with van der Waals surface area (Å²) in [5.74, 6) is -0.622. The molecule has 0 saturated carbocycles. The van der Waals surface area contributed by atoms with Gasteiger partial charge < -0.3 is 78.9 Å². The summed E-state index contributed by atoms with van der Waals surface area (Å²) in [6.45, 7) is 2.01. The number of amides is 2. The Bertz CT molecular complexity index is 5160. The number of nitrogens with one attached hydrogen (secondary N) is 4.